The number of Topliss-reactive ketones (excluding diaryl/α,β-unsaturated/α-hetero) is 1. The molecule has 0 radical (unpaired) electrons. The lowest BCUT2D eigenvalue weighted by molar-refractivity contribution is -0.134. The summed E-state index contributed by atoms with van der Waals surface area (Å²) in [6.07, 6.45) is 11.8. The second kappa shape index (κ2) is 9.49. The Morgan fingerprint density at radius 1 is 1.00 bits per heavy atom. The molecule has 2 aliphatic rings. The smallest absolute Gasteiger partial charge is 0.261 e. The summed E-state index contributed by atoms with van der Waals surface area (Å²) in [4.78, 5) is 34.8. The summed E-state index contributed by atoms with van der Waals surface area (Å²) < 4.78 is 5.79. The summed E-state index contributed by atoms with van der Waals surface area (Å²) in [5.41, 5.74) is 0.749. The minimum absolute atomic E-state index is 0.0194. The monoisotopic (exact) mass is 369 g/mol. The number of carbonyl (C=O) groups is 3. The number of hydrogen-bond acceptors (Lipinski definition) is 4. The van der Waals surface area contributed by atoms with E-state index in [2.05, 4.69) is 5.32 Å². The molecule has 1 aliphatic heterocycles. The maximum Gasteiger partial charge on any atom is 0.261 e. The highest BCUT2D eigenvalue weighted by Crippen LogP contribution is 2.27. The normalized spacial score (nSPS) is 20.0. The Morgan fingerprint density at radius 2 is 1.74 bits per heavy atom. The number of ketones is 1. The van der Waals surface area contributed by atoms with Gasteiger partial charge in [-0.1, -0.05) is 50.7 Å². The van der Waals surface area contributed by atoms with Crippen molar-refractivity contribution in [2.75, 3.05) is 6.61 Å². The van der Waals surface area contributed by atoms with Crippen LogP contribution in [0, 0.1) is 5.92 Å². The molecule has 0 aromatic heterocycles. The van der Waals surface area contributed by atoms with Gasteiger partial charge in [0, 0.05) is 0 Å². The lowest BCUT2D eigenvalue weighted by atomic mass is 9.86. The molecule has 1 aromatic rings. The van der Waals surface area contributed by atoms with Crippen molar-refractivity contribution >= 4 is 23.7 Å². The number of unbranched alkanes of at least 4 members (excludes halogenated alkanes) is 1. The highest BCUT2D eigenvalue weighted by molar-refractivity contribution is 6.32. The van der Waals surface area contributed by atoms with Crippen molar-refractivity contribution in [3.8, 4) is 5.75 Å². The minimum atomic E-state index is -0.630. The van der Waals surface area contributed by atoms with Crippen LogP contribution in [0.1, 0.15) is 63.4 Å². The van der Waals surface area contributed by atoms with Gasteiger partial charge in [0.05, 0.1) is 18.6 Å². The molecule has 3 rings (SSSR count). The van der Waals surface area contributed by atoms with Crippen molar-refractivity contribution < 1.29 is 19.1 Å². The number of benzene rings is 1. The predicted molar refractivity (Wildman–Crippen MR) is 103 cm³/mol. The van der Waals surface area contributed by atoms with Gasteiger partial charge < -0.3 is 4.74 Å². The zero-order valence-corrected chi connectivity index (χ0v) is 15.7. The molecule has 1 N–H and O–H groups in total. The lowest BCUT2D eigenvalue weighted by Crippen LogP contribution is -2.40. The van der Waals surface area contributed by atoms with Gasteiger partial charge in [-0.05, 0) is 42.5 Å². The third kappa shape index (κ3) is 5.78. The average Bonchev–Trinajstić information content (AvgIpc) is 2.66. The number of carbonyl (C=O) groups excluding carboxylic acids is 3. The number of hydrogen-bond donors (Lipinski definition) is 1. The summed E-state index contributed by atoms with van der Waals surface area (Å²) >= 11 is 0. The van der Waals surface area contributed by atoms with Crippen molar-refractivity contribution in [2.45, 2.75) is 57.8 Å². The van der Waals surface area contributed by atoms with Gasteiger partial charge in [0.25, 0.3) is 5.91 Å². The molecule has 1 aliphatic carbocycles. The van der Waals surface area contributed by atoms with Crippen LogP contribution in [0.2, 0.25) is 0 Å². The highest BCUT2D eigenvalue weighted by Gasteiger charge is 2.28. The van der Waals surface area contributed by atoms with Gasteiger partial charge >= 0.3 is 0 Å². The summed E-state index contributed by atoms with van der Waals surface area (Å²) in [5, 5.41) is 2.16. The van der Waals surface area contributed by atoms with Gasteiger partial charge in [-0.3, -0.25) is 19.7 Å². The molecule has 1 saturated heterocycles. The van der Waals surface area contributed by atoms with E-state index in [4.69, 9.17) is 4.74 Å². The van der Waals surface area contributed by atoms with Crippen molar-refractivity contribution in [2.24, 2.45) is 5.92 Å². The summed E-state index contributed by atoms with van der Waals surface area (Å²) in [6, 6.07) is 7.29. The van der Waals surface area contributed by atoms with E-state index in [9.17, 15) is 14.4 Å². The molecule has 0 unspecified atom stereocenters. The Hall–Kier alpha value is -2.43. The number of rotatable bonds is 7. The second-order valence-corrected chi connectivity index (χ2v) is 7.45. The first kappa shape index (κ1) is 19.3. The standard InChI is InChI=1S/C22H27NO4/c24-20-15-21(25)23-22(26)19(20)14-17-9-11-18(12-10-17)27-13-5-4-8-16-6-2-1-3-7-16/h9-12,14,16H,1-8,13,15H2,(H,23,25,26)/b19-14+. The van der Waals surface area contributed by atoms with E-state index in [0.29, 0.717) is 6.61 Å². The van der Waals surface area contributed by atoms with Crippen LogP contribution in [0.4, 0.5) is 0 Å². The largest absolute Gasteiger partial charge is 0.494 e. The van der Waals surface area contributed by atoms with E-state index in [-0.39, 0.29) is 12.0 Å². The van der Waals surface area contributed by atoms with E-state index >= 15 is 0 Å². The number of piperidine rings is 1. The first-order valence-electron chi connectivity index (χ1n) is 9.94. The van der Waals surface area contributed by atoms with Gasteiger partial charge in [-0.15, -0.1) is 0 Å². The topological polar surface area (TPSA) is 72.5 Å². The Labute approximate surface area is 160 Å². The maximum absolute atomic E-state index is 11.8. The molecule has 0 bridgehead atoms. The third-order valence-electron chi connectivity index (χ3n) is 5.31. The van der Waals surface area contributed by atoms with Crippen molar-refractivity contribution in [3.05, 3.63) is 35.4 Å². The van der Waals surface area contributed by atoms with Crippen LogP contribution in [0.15, 0.2) is 29.8 Å². The Balaban J connectivity index is 1.43. The molecule has 1 aromatic carbocycles. The maximum atomic E-state index is 11.8. The minimum Gasteiger partial charge on any atom is -0.494 e. The zero-order chi connectivity index (χ0) is 19.1. The molecule has 2 fully saturated rings. The van der Waals surface area contributed by atoms with E-state index in [1.807, 2.05) is 12.1 Å². The molecule has 0 atom stereocenters. The van der Waals surface area contributed by atoms with Crippen LogP contribution in [-0.2, 0) is 14.4 Å². The Kier molecular flexibility index (Phi) is 6.80. The zero-order valence-electron chi connectivity index (χ0n) is 15.7. The second-order valence-electron chi connectivity index (χ2n) is 7.45. The lowest BCUT2D eigenvalue weighted by Gasteiger charge is -2.21. The van der Waals surface area contributed by atoms with Gasteiger partial charge in [-0.25, -0.2) is 0 Å². The van der Waals surface area contributed by atoms with E-state index < -0.39 is 17.6 Å². The number of ether oxygens (including phenoxy) is 1. The van der Waals surface area contributed by atoms with Crippen LogP contribution < -0.4 is 10.1 Å². The molecule has 1 saturated carbocycles. The first-order valence-corrected chi connectivity index (χ1v) is 9.94. The van der Waals surface area contributed by atoms with Crippen molar-refractivity contribution in [1.29, 1.82) is 0 Å². The van der Waals surface area contributed by atoms with Crippen LogP contribution in [0.5, 0.6) is 5.75 Å². The highest BCUT2D eigenvalue weighted by atomic mass is 16.5. The average molecular weight is 369 g/mol. The fraction of sp³-hybridized carbons (Fsp3) is 0.500. The van der Waals surface area contributed by atoms with E-state index in [1.54, 1.807) is 12.1 Å². The quantitative estimate of drug-likeness (QED) is 0.261. The molecule has 5 heteroatoms. The van der Waals surface area contributed by atoms with Gasteiger partial charge in [0.1, 0.15) is 5.75 Å². The molecular formula is C22H27NO4. The molecular weight excluding hydrogens is 342 g/mol. The van der Waals surface area contributed by atoms with Crippen LogP contribution in [0.3, 0.4) is 0 Å². The molecule has 1 heterocycles. The fourth-order valence-corrected chi connectivity index (χ4v) is 3.78. The molecule has 27 heavy (non-hydrogen) atoms. The molecule has 144 valence electrons. The summed E-state index contributed by atoms with van der Waals surface area (Å²) in [6.45, 7) is 0.705. The summed E-state index contributed by atoms with van der Waals surface area (Å²) in [7, 11) is 0. The number of nitrogens with one attached hydrogen (secondary N) is 1. The predicted octanol–water partition coefficient (Wildman–Crippen LogP) is 3.82. The van der Waals surface area contributed by atoms with Crippen molar-refractivity contribution in [3.63, 3.8) is 0 Å². The van der Waals surface area contributed by atoms with Crippen molar-refractivity contribution in [1.82, 2.24) is 5.32 Å². The fourth-order valence-electron chi connectivity index (χ4n) is 3.78. The van der Waals surface area contributed by atoms with Crippen LogP contribution >= 0.6 is 0 Å². The van der Waals surface area contributed by atoms with Gasteiger partial charge in [0.2, 0.25) is 5.91 Å². The van der Waals surface area contributed by atoms with Gasteiger partial charge in [0.15, 0.2) is 5.78 Å². The van der Waals surface area contributed by atoms with E-state index in [1.165, 1.54) is 51.0 Å². The van der Waals surface area contributed by atoms with E-state index in [0.717, 1.165) is 23.7 Å². The Bertz CT molecular complexity index is 692. The molecule has 0 spiro atoms. The molecule has 2 amide bonds. The third-order valence-corrected chi connectivity index (χ3v) is 5.31. The Morgan fingerprint density at radius 3 is 2.44 bits per heavy atom. The number of imide groups is 1. The number of amides is 2. The summed E-state index contributed by atoms with van der Waals surface area (Å²) in [5.74, 6) is 0.0800. The first-order chi connectivity index (χ1) is 13.1. The SMILES string of the molecule is O=C1CC(=O)/C(=C\c2ccc(OCCCCC3CCCCC3)cc2)C(=O)N1. The molecule has 5 nitrogen and oxygen atoms in total. The van der Waals surface area contributed by atoms with Crippen LogP contribution in [0.25, 0.3) is 6.08 Å². The van der Waals surface area contributed by atoms with Crippen LogP contribution in [-0.4, -0.2) is 24.2 Å². The van der Waals surface area contributed by atoms with Gasteiger partial charge in [-0.2, -0.15) is 0 Å².